The van der Waals surface area contributed by atoms with Crippen molar-refractivity contribution < 1.29 is 14.3 Å². The van der Waals surface area contributed by atoms with E-state index in [4.69, 9.17) is 9.47 Å². The van der Waals surface area contributed by atoms with E-state index in [9.17, 15) is 4.79 Å². The Labute approximate surface area is 86.8 Å². The van der Waals surface area contributed by atoms with E-state index >= 15 is 0 Å². The van der Waals surface area contributed by atoms with Gasteiger partial charge in [0.25, 0.3) is 0 Å². The number of esters is 1. The second kappa shape index (κ2) is 9.00. The molecule has 0 unspecified atom stereocenters. The maximum absolute atomic E-state index is 10.9. The lowest BCUT2D eigenvalue weighted by Gasteiger charge is -2.06. The molecule has 0 aromatic rings. The average Bonchev–Trinajstić information content (AvgIpc) is 2.11. The van der Waals surface area contributed by atoms with Crippen molar-refractivity contribution in [2.75, 3.05) is 13.2 Å². The van der Waals surface area contributed by atoms with Crippen LogP contribution in [0.15, 0.2) is 0 Å². The first-order valence-electron chi connectivity index (χ1n) is 5.44. The van der Waals surface area contributed by atoms with Crippen LogP contribution in [0.3, 0.4) is 0 Å². The van der Waals surface area contributed by atoms with Crippen LogP contribution in [0, 0.1) is 0 Å². The molecule has 0 N–H and O–H groups in total. The fourth-order valence-electron chi connectivity index (χ4n) is 1.10. The van der Waals surface area contributed by atoms with Gasteiger partial charge in [-0.2, -0.15) is 0 Å². The number of hydrogen-bond acceptors (Lipinski definition) is 3. The summed E-state index contributed by atoms with van der Waals surface area (Å²) in [5, 5.41) is 0. The van der Waals surface area contributed by atoms with Crippen molar-refractivity contribution in [3.63, 3.8) is 0 Å². The Morgan fingerprint density at radius 3 is 2.50 bits per heavy atom. The molecule has 0 rings (SSSR count). The van der Waals surface area contributed by atoms with Crippen molar-refractivity contribution in [3.05, 3.63) is 0 Å². The molecule has 0 atom stereocenters. The van der Waals surface area contributed by atoms with Gasteiger partial charge in [-0.1, -0.05) is 6.42 Å². The van der Waals surface area contributed by atoms with Crippen LogP contribution in [-0.4, -0.2) is 25.3 Å². The summed E-state index contributed by atoms with van der Waals surface area (Å²) in [6.07, 6.45) is 3.80. The summed E-state index contributed by atoms with van der Waals surface area (Å²) in [4.78, 5) is 10.9. The minimum atomic E-state index is -0.0859. The summed E-state index contributed by atoms with van der Waals surface area (Å²) in [5.74, 6) is -0.0859. The Kier molecular flexibility index (Phi) is 8.64. The molecule has 0 aliphatic heterocycles. The lowest BCUT2D eigenvalue weighted by atomic mass is 10.2. The van der Waals surface area contributed by atoms with Crippen molar-refractivity contribution in [1.82, 2.24) is 0 Å². The van der Waals surface area contributed by atoms with Crippen LogP contribution < -0.4 is 0 Å². The van der Waals surface area contributed by atoms with Crippen molar-refractivity contribution >= 4 is 5.97 Å². The van der Waals surface area contributed by atoms with E-state index < -0.39 is 0 Å². The monoisotopic (exact) mass is 202 g/mol. The zero-order valence-corrected chi connectivity index (χ0v) is 9.54. The van der Waals surface area contributed by atoms with E-state index in [2.05, 4.69) is 0 Å². The summed E-state index contributed by atoms with van der Waals surface area (Å²) < 4.78 is 10.2. The molecule has 0 spiro atoms. The average molecular weight is 202 g/mol. The van der Waals surface area contributed by atoms with Crippen molar-refractivity contribution in [1.29, 1.82) is 0 Å². The molecule has 3 heteroatoms. The van der Waals surface area contributed by atoms with Crippen LogP contribution in [0.1, 0.15) is 46.5 Å². The van der Waals surface area contributed by atoms with Crippen LogP contribution in [0.5, 0.6) is 0 Å². The topological polar surface area (TPSA) is 35.5 Å². The van der Waals surface area contributed by atoms with Crippen LogP contribution in [0.4, 0.5) is 0 Å². The molecule has 0 aliphatic carbocycles. The number of carbonyl (C=O) groups is 1. The van der Waals surface area contributed by atoms with E-state index in [1.165, 1.54) is 0 Å². The summed E-state index contributed by atoms with van der Waals surface area (Å²) in [7, 11) is 0. The van der Waals surface area contributed by atoms with Crippen molar-refractivity contribution in [3.8, 4) is 0 Å². The first-order chi connectivity index (χ1) is 6.66. The summed E-state index contributed by atoms with van der Waals surface area (Å²) in [6.45, 7) is 7.15. The van der Waals surface area contributed by atoms with Gasteiger partial charge < -0.3 is 9.47 Å². The van der Waals surface area contributed by atoms with Gasteiger partial charge in [-0.05, 0) is 33.6 Å². The lowest BCUT2D eigenvalue weighted by Crippen LogP contribution is -2.05. The number of unbranched alkanes of at least 4 members (excludes halogenated alkanes) is 2. The normalized spacial score (nSPS) is 10.6. The lowest BCUT2D eigenvalue weighted by molar-refractivity contribution is -0.143. The molecule has 84 valence electrons. The zero-order chi connectivity index (χ0) is 10.8. The van der Waals surface area contributed by atoms with Crippen LogP contribution >= 0.6 is 0 Å². The predicted octanol–water partition coefficient (Wildman–Crippen LogP) is 2.53. The molecule has 0 saturated carbocycles. The number of ether oxygens (including phenoxy) is 2. The molecule has 0 heterocycles. The van der Waals surface area contributed by atoms with Gasteiger partial charge in [-0.3, -0.25) is 4.79 Å². The second-order valence-corrected chi connectivity index (χ2v) is 3.54. The Morgan fingerprint density at radius 1 is 1.21 bits per heavy atom. The smallest absolute Gasteiger partial charge is 0.305 e. The molecule has 0 radical (unpaired) electrons. The van der Waals surface area contributed by atoms with Crippen molar-refractivity contribution in [2.45, 2.75) is 52.6 Å². The molecule has 0 saturated heterocycles. The third-order valence-electron chi connectivity index (χ3n) is 1.78. The molecule has 0 fully saturated rings. The molecule has 0 aliphatic rings. The molecule has 14 heavy (non-hydrogen) atoms. The van der Waals surface area contributed by atoms with Gasteiger partial charge in [0.2, 0.25) is 0 Å². The Bertz CT molecular complexity index is 143. The van der Waals surface area contributed by atoms with Gasteiger partial charge in [0, 0.05) is 13.0 Å². The molecule has 3 nitrogen and oxygen atoms in total. The highest BCUT2D eigenvalue weighted by molar-refractivity contribution is 5.69. The number of hydrogen-bond donors (Lipinski definition) is 0. The Morgan fingerprint density at radius 2 is 1.93 bits per heavy atom. The van der Waals surface area contributed by atoms with E-state index in [0.717, 1.165) is 25.9 Å². The van der Waals surface area contributed by atoms with Crippen LogP contribution in [0.2, 0.25) is 0 Å². The van der Waals surface area contributed by atoms with Crippen LogP contribution in [-0.2, 0) is 14.3 Å². The SMILES string of the molecule is CCOC(=O)CCCCCOC(C)C. The third kappa shape index (κ3) is 9.52. The fourth-order valence-corrected chi connectivity index (χ4v) is 1.10. The molecular weight excluding hydrogens is 180 g/mol. The molecule has 0 amide bonds. The molecule has 0 bridgehead atoms. The Hall–Kier alpha value is -0.570. The van der Waals surface area contributed by atoms with Crippen LogP contribution in [0.25, 0.3) is 0 Å². The maximum atomic E-state index is 10.9. The summed E-state index contributed by atoms with van der Waals surface area (Å²) in [6, 6.07) is 0. The third-order valence-corrected chi connectivity index (χ3v) is 1.78. The quantitative estimate of drug-likeness (QED) is 0.448. The van der Waals surface area contributed by atoms with Gasteiger partial charge >= 0.3 is 5.97 Å². The van der Waals surface area contributed by atoms with Gasteiger partial charge in [0.05, 0.1) is 12.7 Å². The second-order valence-electron chi connectivity index (χ2n) is 3.54. The van der Waals surface area contributed by atoms with Gasteiger partial charge in [-0.25, -0.2) is 0 Å². The highest BCUT2D eigenvalue weighted by Gasteiger charge is 2.00. The highest BCUT2D eigenvalue weighted by atomic mass is 16.5. The largest absolute Gasteiger partial charge is 0.466 e. The fraction of sp³-hybridized carbons (Fsp3) is 0.909. The number of carbonyl (C=O) groups excluding carboxylic acids is 1. The predicted molar refractivity (Wildman–Crippen MR) is 56.2 cm³/mol. The first kappa shape index (κ1) is 13.4. The standard InChI is InChI=1S/C11H22O3/c1-4-13-11(12)8-6-5-7-9-14-10(2)3/h10H,4-9H2,1-3H3. The molecular formula is C11H22O3. The van der Waals surface area contributed by atoms with E-state index in [0.29, 0.717) is 19.1 Å². The van der Waals surface area contributed by atoms with E-state index in [1.807, 2.05) is 20.8 Å². The van der Waals surface area contributed by atoms with Crippen molar-refractivity contribution in [2.24, 2.45) is 0 Å². The van der Waals surface area contributed by atoms with Gasteiger partial charge in [0.15, 0.2) is 0 Å². The number of rotatable bonds is 8. The van der Waals surface area contributed by atoms with E-state index in [-0.39, 0.29) is 5.97 Å². The van der Waals surface area contributed by atoms with E-state index in [1.54, 1.807) is 0 Å². The maximum Gasteiger partial charge on any atom is 0.305 e. The zero-order valence-electron chi connectivity index (χ0n) is 9.54. The minimum absolute atomic E-state index is 0.0859. The molecule has 0 aromatic carbocycles. The Balaban J connectivity index is 3.09. The molecule has 0 aromatic heterocycles. The highest BCUT2D eigenvalue weighted by Crippen LogP contribution is 2.02. The minimum Gasteiger partial charge on any atom is -0.466 e. The summed E-state index contributed by atoms with van der Waals surface area (Å²) >= 11 is 0. The van der Waals surface area contributed by atoms with Gasteiger partial charge in [0.1, 0.15) is 0 Å². The summed E-state index contributed by atoms with van der Waals surface area (Å²) in [5.41, 5.74) is 0. The first-order valence-corrected chi connectivity index (χ1v) is 5.44. The van der Waals surface area contributed by atoms with Gasteiger partial charge in [-0.15, -0.1) is 0 Å².